The van der Waals surface area contributed by atoms with Gasteiger partial charge in [-0.15, -0.1) is 0 Å². The first-order valence-corrected chi connectivity index (χ1v) is 6.54. The molecule has 0 aromatic heterocycles. The molecule has 2 rings (SSSR count). The van der Waals surface area contributed by atoms with E-state index < -0.39 is 17.6 Å². The summed E-state index contributed by atoms with van der Waals surface area (Å²) in [6, 6.07) is 4.68. The number of para-hydroxylation sites is 1. The molecule has 1 N–H and O–H groups in total. The van der Waals surface area contributed by atoms with Gasteiger partial charge in [-0.3, -0.25) is 9.69 Å². The zero-order valence-electron chi connectivity index (χ0n) is 12.1. The second-order valence-electron chi connectivity index (χ2n) is 5.45. The van der Waals surface area contributed by atoms with Gasteiger partial charge in [0, 0.05) is 0 Å². The SMILES string of the molecule is Cc1cccc(C)c1N(C(=O)C1(C)CO1)[C@@H](C)C(=O)O. The smallest absolute Gasteiger partial charge is 0.326 e. The average Bonchev–Trinajstić information content (AvgIpc) is 3.12. The summed E-state index contributed by atoms with van der Waals surface area (Å²) in [7, 11) is 0. The summed E-state index contributed by atoms with van der Waals surface area (Å²) in [4.78, 5) is 25.3. The Kier molecular flexibility index (Phi) is 3.56. The summed E-state index contributed by atoms with van der Waals surface area (Å²) in [5.41, 5.74) is 1.51. The molecule has 20 heavy (non-hydrogen) atoms. The van der Waals surface area contributed by atoms with Gasteiger partial charge in [0.25, 0.3) is 5.91 Å². The number of carboxylic acids is 1. The molecule has 0 saturated carbocycles. The van der Waals surface area contributed by atoms with Gasteiger partial charge in [-0.1, -0.05) is 18.2 Å². The minimum absolute atomic E-state index is 0.301. The second kappa shape index (κ2) is 4.90. The molecule has 0 radical (unpaired) electrons. The lowest BCUT2D eigenvalue weighted by atomic mass is 10.0. The first kappa shape index (κ1) is 14.5. The molecule has 108 valence electrons. The molecule has 0 aliphatic carbocycles. The molecule has 1 amide bonds. The molecule has 1 aromatic carbocycles. The van der Waals surface area contributed by atoms with E-state index >= 15 is 0 Å². The van der Waals surface area contributed by atoms with Crippen LogP contribution in [0.2, 0.25) is 0 Å². The van der Waals surface area contributed by atoms with Gasteiger partial charge >= 0.3 is 5.97 Å². The lowest BCUT2D eigenvalue weighted by molar-refractivity contribution is -0.140. The van der Waals surface area contributed by atoms with Crippen LogP contribution in [0.4, 0.5) is 5.69 Å². The fraction of sp³-hybridized carbons (Fsp3) is 0.467. The van der Waals surface area contributed by atoms with Crippen LogP contribution < -0.4 is 4.90 Å². The number of epoxide rings is 1. The molecule has 2 atom stereocenters. The van der Waals surface area contributed by atoms with Gasteiger partial charge in [-0.2, -0.15) is 0 Å². The van der Waals surface area contributed by atoms with Gasteiger partial charge in [0.05, 0.1) is 12.3 Å². The van der Waals surface area contributed by atoms with E-state index in [0.29, 0.717) is 12.3 Å². The van der Waals surface area contributed by atoms with Crippen LogP contribution in [0, 0.1) is 13.8 Å². The molecule has 1 fully saturated rings. The Bertz CT molecular complexity index is 543. The molecule has 1 heterocycles. The number of hydrogen-bond donors (Lipinski definition) is 1. The predicted molar refractivity (Wildman–Crippen MR) is 74.9 cm³/mol. The number of rotatable bonds is 4. The Morgan fingerprint density at radius 3 is 2.25 bits per heavy atom. The van der Waals surface area contributed by atoms with Crippen molar-refractivity contribution in [2.75, 3.05) is 11.5 Å². The van der Waals surface area contributed by atoms with Crippen molar-refractivity contribution < 1.29 is 19.4 Å². The van der Waals surface area contributed by atoms with Crippen LogP contribution in [0.1, 0.15) is 25.0 Å². The predicted octanol–water partition coefficient (Wildman–Crippen LogP) is 1.90. The summed E-state index contributed by atoms with van der Waals surface area (Å²) in [6.07, 6.45) is 0. The number of carbonyl (C=O) groups is 2. The van der Waals surface area contributed by atoms with Gasteiger partial charge in [-0.05, 0) is 38.8 Å². The van der Waals surface area contributed by atoms with E-state index in [4.69, 9.17) is 4.74 Å². The van der Waals surface area contributed by atoms with E-state index in [1.54, 1.807) is 6.92 Å². The minimum atomic E-state index is -1.04. The quantitative estimate of drug-likeness (QED) is 0.853. The summed E-state index contributed by atoms with van der Waals surface area (Å²) >= 11 is 0. The second-order valence-corrected chi connectivity index (χ2v) is 5.45. The molecular weight excluding hydrogens is 258 g/mol. The molecule has 1 aromatic rings. The highest BCUT2D eigenvalue weighted by atomic mass is 16.6. The van der Waals surface area contributed by atoms with E-state index in [-0.39, 0.29) is 5.91 Å². The first-order chi connectivity index (χ1) is 9.28. The largest absolute Gasteiger partial charge is 0.480 e. The van der Waals surface area contributed by atoms with Gasteiger partial charge in [0.2, 0.25) is 0 Å². The third kappa shape index (κ3) is 2.41. The van der Waals surface area contributed by atoms with Crippen LogP contribution in [0.15, 0.2) is 18.2 Å². The van der Waals surface area contributed by atoms with E-state index in [2.05, 4.69) is 0 Å². The third-order valence-electron chi connectivity index (χ3n) is 3.67. The number of aliphatic carboxylic acids is 1. The lowest BCUT2D eigenvalue weighted by Crippen LogP contribution is -2.49. The van der Waals surface area contributed by atoms with E-state index in [9.17, 15) is 14.7 Å². The van der Waals surface area contributed by atoms with Crippen molar-refractivity contribution in [3.8, 4) is 0 Å². The molecule has 1 aliphatic heterocycles. The molecule has 5 heteroatoms. The number of carboxylic acid groups (broad SMARTS) is 1. The zero-order valence-corrected chi connectivity index (χ0v) is 12.1. The summed E-state index contributed by atoms with van der Waals surface area (Å²) < 4.78 is 5.19. The van der Waals surface area contributed by atoms with E-state index in [0.717, 1.165) is 11.1 Å². The monoisotopic (exact) mass is 277 g/mol. The fourth-order valence-corrected chi connectivity index (χ4v) is 2.25. The van der Waals surface area contributed by atoms with Crippen molar-refractivity contribution >= 4 is 17.6 Å². The number of benzene rings is 1. The average molecular weight is 277 g/mol. The van der Waals surface area contributed by atoms with Crippen LogP contribution in [-0.2, 0) is 14.3 Å². The fourth-order valence-electron chi connectivity index (χ4n) is 2.25. The number of nitrogens with zero attached hydrogens (tertiary/aromatic N) is 1. The van der Waals surface area contributed by atoms with Crippen molar-refractivity contribution in [1.82, 2.24) is 0 Å². The Morgan fingerprint density at radius 2 is 1.85 bits per heavy atom. The van der Waals surface area contributed by atoms with Gasteiger partial charge in [-0.25, -0.2) is 4.79 Å². The molecular formula is C15H19NO4. The Morgan fingerprint density at radius 1 is 1.35 bits per heavy atom. The highest BCUT2D eigenvalue weighted by Crippen LogP contribution is 2.34. The maximum atomic E-state index is 12.6. The molecule has 0 bridgehead atoms. The van der Waals surface area contributed by atoms with Crippen molar-refractivity contribution in [3.05, 3.63) is 29.3 Å². The molecule has 1 saturated heterocycles. The van der Waals surface area contributed by atoms with Crippen LogP contribution in [-0.4, -0.2) is 35.2 Å². The molecule has 1 unspecified atom stereocenters. The number of hydrogen-bond acceptors (Lipinski definition) is 3. The van der Waals surface area contributed by atoms with Crippen molar-refractivity contribution in [2.24, 2.45) is 0 Å². The Hall–Kier alpha value is -1.88. The Balaban J connectivity index is 2.52. The highest BCUT2D eigenvalue weighted by Gasteiger charge is 2.51. The molecule has 0 spiro atoms. The zero-order chi connectivity index (χ0) is 15.1. The normalized spacial score (nSPS) is 22.2. The van der Waals surface area contributed by atoms with Crippen molar-refractivity contribution in [1.29, 1.82) is 0 Å². The third-order valence-corrected chi connectivity index (χ3v) is 3.67. The maximum absolute atomic E-state index is 12.6. The van der Waals surface area contributed by atoms with Gasteiger partial charge in [0.1, 0.15) is 6.04 Å². The van der Waals surface area contributed by atoms with Gasteiger partial charge in [0.15, 0.2) is 5.60 Å². The number of ether oxygens (including phenoxy) is 1. The topological polar surface area (TPSA) is 70.1 Å². The lowest BCUT2D eigenvalue weighted by Gasteiger charge is -2.30. The Labute approximate surface area is 118 Å². The van der Waals surface area contributed by atoms with Crippen molar-refractivity contribution in [3.63, 3.8) is 0 Å². The molecule has 1 aliphatic rings. The number of anilines is 1. The standard InChI is InChI=1S/C15H19NO4/c1-9-6-5-7-10(2)12(9)16(11(3)13(17)18)14(19)15(4)8-20-15/h5-7,11H,8H2,1-4H3,(H,17,18)/t11-,15?/m0/s1. The molecule has 5 nitrogen and oxygen atoms in total. The number of amides is 1. The van der Waals surface area contributed by atoms with E-state index in [1.807, 2.05) is 32.0 Å². The van der Waals surface area contributed by atoms with Crippen LogP contribution in [0.5, 0.6) is 0 Å². The van der Waals surface area contributed by atoms with Gasteiger partial charge < -0.3 is 9.84 Å². The van der Waals surface area contributed by atoms with Crippen LogP contribution >= 0.6 is 0 Å². The van der Waals surface area contributed by atoms with E-state index in [1.165, 1.54) is 11.8 Å². The summed E-state index contributed by atoms with van der Waals surface area (Å²) in [6.45, 7) is 7.27. The van der Waals surface area contributed by atoms with Crippen LogP contribution in [0.3, 0.4) is 0 Å². The maximum Gasteiger partial charge on any atom is 0.326 e. The summed E-state index contributed by atoms with van der Waals surface area (Å²) in [5.74, 6) is -1.34. The highest BCUT2D eigenvalue weighted by molar-refractivity contribution is 6.05. The first-order valence-electron chi connectivity index (χ1n) is 6.54. The van der Waals surface area contributed by atoms with Crippen molar-refractivity contribution in [2.45, 2.75) is 39.3 Å². The number of aryl methyl sites for hydroxylation is 2. The number of carbonyl (C=O) groups excluding carboxylic acids is 1. The minimum Gasteiger partial charge on any atom is -0.480 e. The van der Waals surface area contributed by atoms with Crippen LogP contribution in [0.25, 0.3) is 0 Å². The summed E-state index contributed by atoms with van der Waals surface area (Å²) in [5, 5.41) is 9.30.